The van der Waals surface area contributed by atoms with Crippen LogP contribution in [-0.2, 0) is 26.2 Å². The molecule has 0 bridgehead atoms. The number of hydrogen-bond acceptors (Lipinski definition) is 4. The summed E-state index contributed by atoms with van der Waals surface area (Å²) in [4.78, 5) is 28.5. The summed E-state index contributed by atoms with van der Waals surface area (Å²) in [5.41, 5.74) is 3.52. The van der Waals surface area contributed by atoms with Crippen LogP contribution in [0.4, 0.5) is 5.69 Å². The minimum absolute atomic E-state index is 0.200. The van der Waals surface area contributed by atoms with Crippen LogP contribution in [0.2, 0.25) is 0 Å². The third-order valence-corrected chi connectivity index (χ3v) is 6.93. The van der Waals surface area contributed by atoms with Gasteiger partial charge in [-0.2, -0.15) is 0 Å². The number of nitrogens with one attached hydrogen (secondary N) is 1. The van der Waals surface area contributed by atoms with Gasteiger partial charge in [0.15, 0.2) is 0 Å². The molecule has 192 valence electrons. The summed E-state index contributed by atoms with van der Waals surface area (Å²) >= 11 is 0. The first-order valence-electron chi connectivity index (χ1n) is 11.8. The molecule has 0 heterocycles. The van der Waals surface area contributed by atoms with Crippen LogP contribution in [0.15, 0.2) is 42.5 Å². The van der Waals surface area contributed by atoms with Crippen LogP contribution >= 0.6 is 0 Å². The van der Waals surface area contributed by atoms with Gasteiger partial charge in [0.2, 0.25) is 21.8 Å². The molecule has 0 spiro atoms. The van der Waals surface area contributed by atoms with Crippen molar-refractivity contribution in [1.82, 2.24) is 10.2 Å². The normalized spacial score (nSPS) is 12.7. The minimum Gasteiger partial charge on any atom is -0.350 e. The van der Waals surface area contributed by atoms with E-state index in [4.69, 9.17) is 0 Å². The topological polar surface area (TPSA) is 86.8 Å². The monoisotopic (exact) mass is 501 g/mol. The van der Waals surface area contributed by atoms with Crippen molar-refractivity contribution in [2.24, 2.45) is 0 Å². The lowest BCUT2D eigenvalue weighted by molar-refractivity contribution is -0.141. The van der Waals surface area contributed by atoms with Gasteiger partial charge in [-0.25, -0.2) is 8.42 Å². The van der Waals surface area contributed by atoms with Gasteiger partial charge in [0.05, 0.1) is 11.9 Å². The number of amides is 2. The molecular formula is C27H39N3O4S. The summed E-state index contributed by atoms with van der Waals surface area (Å²) in [6.07, 6.45) is 1.49. The molecule has 1 atom stereocenters. The Morgan fingerprint density at radius 2 is 1.63 bits per heavy atom. The molecule has 0 aliphatic carbocycles. The van der Waals surface area contributed by atoms with Gasteiger partial charge in [-0.1, -0.05) is 43.3 Å². The van der Waals surface area contributed by atoms with Gasteiger partial charge in [-0.3, -0.25) is 13.9 Å². The average Bonchev–Trinajstić information content (AvgIpc) is 2.73. The van der Waals surface area contributed by atoms with Gasteiger partial charge in [-0.15, -0.1) is 0 Å². The number of carbonyl (C=O) groups is 2. The molecule has 0 saturated carbocycles. The summed E-state index contributed by atoms with van der Waals surface area (Å²) in [7, 11) is -3.76. The lowest BCUT2D eigenvalue weighted by atomic mass is 10.0. The van der Waals surface area contributed by atoms with Gasteiger partial charge in [0.25, 0.3) is 0 Å². The zero-order valence-corrected chi connectivity index (χ0v) is 23.0. The van der Waals surface area contributed by atoms with E-state index in [0.717, 1.165) is 32.8 Å². The van der Waals surface area contributed by atoms with Gasteiger partial charge in [-0.05, 0) is 76.3 Å². The van der Waals surface area contributed by atoms with E-state index in [1.165, 1.54) is 4.90 Å². The molecule has 2 aromatic carbocycles. The maximum atomic E-state index is 13.8. The number of anilines is 1. The molecule has 1 N–H and O–H groups in total. The molecule has 7 nitrogen and oxygen atoms in total. The molecule has 0 fully saturated rings. The Bertz CT molecular complexity index is 1170. The Labute approximate surface area is 210 Å². The number of rotatable bonds is 9. The largest absolute Gasteiger partial charge is 0.350 e. The fraction of sp³-hybridized carbons (Fsp3) is 0.481. The van der Waals surface area contributed by atoms with E-state index in [2.05, 4.69) is 5.32 Å². The summed E-state index contributed by atoms with van der Waals surface area (Å²) in [5, 5.41) is 2.97. The van der Waals surface area contributed by atoms with Crippen molar-refractivity contribution in [3.8, 4) is 0 Å². The zero-order valence-electron chi connectivity index (χ0n) is 22.2. The lowest BCUT2D eigenvalue weighted by Crippen LogP contribution is -2.55. The highest BCUT2D eigenvalue weighted by Crippen LogP contribution is 2.25. The number of aryl methyl sites for hydroxylation is 3. The second-order valence-electron chi connectivity index (χ2n) is 10.2. The van der Waals surface area contributed by atoms with E-state index in [-0.39, 0.29) is 12.5 Å². The summed E-state index contributed by atoms with van der Waals surface area (Å²) in [6.45, 7) is 13.0. The molecule has 8 heteroatoms. The average molecular weight is 502 g/mol. The van der Waals surface area contributed by atoms with Crippen LogP contribution in [0.5, 0.6) is 0 Å². The minimum atomic E-state index is -3.76. The van der Waals surface area contributed by atoms with Crippen LogP contribution in [-0.4, -0.2) is 49.5 Å². The number of benzene rings is 2. The van der Waals surface area contributed by atoms with Crippen molar-refractivity contribution in [3.05, 3.63) is 64.7 Å². The molecule has 35 heavy (non-hydrogen) atoms. The third kappa shape index (κ3) is 7.82. The Morgan fingerprint density at radius 1 is 1.00 bits per heavy atom. The van der Waals surface area contributed by atoms with Gasteiger partial charge in [0, 0.05) is 12.1 Å². The predicted molar refractivity (Wildman–Crippen MR) is 142 cm³/mol. The quantitative estimate of drug-likeness (QED) is 0.560. The number of sulfonamides is 1. The fourth-order valence-corrected chi connectivity index (χ4v) is 4.83. The number of carbonyl (C=O) groups excluding carboxylic acids is 2. The third-order valence-electron chi connectivity index (χ3n) is 5.80. The first-order chi connectivity index (χ1) is 16.1. The van der Waals surface area contributed by atoms with Gasteiger partial charge >= 0.3 is 0 Å². The van der Waals surface area contributed by atoms with E-state index >= 15 is 0 Å². The maximum absolute atomic E-state index is 13.8. The highest BCUT2D eigenvalue weighted by atomic mass is 32.2. The molecule has 0 unspecified atom stereocenters. The molecular weight excluding hydrogens is 462 g/mol. The molecule has 0 saturated heterocycles. The van der Waals surface area contributed by atoms with Crippen molar-refractivity contribution >= 4 is 27.5 Å². The van der Waals surface area contributed by atoms with Crippen LogP contribution in [0.1, 0.15) is 56.4 Å². The highest BCUT2D eigenvalue weighted by molar-refractivity contribution is 7.92. The highest BCUT2D eigenvalue weighted by Gasteiger charge is 2.33. The second-order valence-corrected chi connectivity index (χ2v) is 12.1. The van der Waals surface area contributed by atoms with E-state index in [0.29, 0.717) is 12.1 Å². The predicted octanol–water partition coefficient (Wildman–Crippen LogP) is 4.10. The Hall–Kier alpha value is -2.87. The SMILES string of the molecule is CC[C@H](C(=O)NC(C)(C)C)N(Cc1ccccc1C)C(=O)CN(c1cc(C)ccc1C)S(C)(=O)=O. The maximum Gasteiger partial charge on any atom is 0.244 e. The number of nitrogens with zero attached hydrogens (tertiary/aromatic N) is 2. The smallest absolute Gasteiger partial charge is 0.244 e. The summed E-state index contributed by atoms with van der Waals surface area (Å²) in [6, 6.07) is 12.4. The van der Waals surface area contributed by atoms with E-state index in [1.54, 1.807) is 6.07 Å². The van der Waals surface area contributed by atoms with Crippen molar-refractivity contribution in [2.75, 3.05) is 17.1 Å². The van der Waals surface area contributed by atoms with Gasteiger partial charge in [0.1, 0.15) is 12.6 Å². The standard InChI is InChI=1S/C27H39N3O4S/c1-9-23(26(32)28-27(5,6)7)29(17-22-13-11-10-12-20(22)3)25(31)18-30(35(8,33)34)24-16-19(2)14-15-21(24)4/h10-16,23H,9,17-18H2,1-8H3,(H,28,32)/t23-/m1/s1. The van der Waals surface area contributed by atoms with Crippen molar-refractivity contribution < 1.29 is 18.0 Å². The van der Waals surface area contributed by atoms with Gasteiger partial charge < -0.3 is 10.2 Å². The Kier molecular flexibility index (Phi) is 9.11. The van der Waals surface area contributed by atoms with Crippen molar-refractivity contribution in [1.29, 1.82) is 0 Å². The van der Waals surface area contributed by atoms with Crippen LogP contribution < -0.4 is 9.62 Å². The van der Waals surface area contributed by atoms with Crippen LogP contribution in [0.25, 0.3) is 0 Å². The van der Waals surface area contributed by atoms with Crippen molar-refractivity contribution in [2.45, 2.75) is 73.0 Å². The molecule has 2 aromatic rings. The van der Waals surface area contributed by atoms with Crippen molar-refractivity contribution in [3.63, 3.8) is 0 Å². The van der Waals surface area contributed by atoms with Crippen LogP contribution in [0.3, 0.4) is 0 Å². The molecule has 0 aliphatic rings. The molecule has 2 amide bonds. The first kappa shape index (κ1) is 28.4. The Balaban J connectivity index is 2.52. The number of hydrogen-bond donors (Lipinski definition) is 1. The van der Waals surface area contributed by atoms with E-state index in [9.17, 15) is 18.0 Å². The second kappa shape index (κ2) is 11.2. The molecule has 0 aliphatic heterocycles. The van der Waals surface area contributed by atoms with E-state index in [1.807, 2.05) is 84.9 Å². The molecule has 2 rings (SSSR count). The first-order valence-corrected chi connectivity index (χ1v) is 13.7. The summed E-state index contributed by atoms with van der Waals surface area (Å²) in [5.74, 6) is -0.699. The van der Waals surface area contributed by atoms with E-state index < -0.39 is 34.1 Å². The molecule has 0 radical (unpaired) electrons. The lowest BCUT2D eigenvalue weighted by Gasteiger charge is -2.35. The molecule has 0 aromatic heterocycles. The Morgan fingerprint density at radius 3 is 2.17 bits per heavy atom. The zero-order chi connectivity index (χ0) is 26.6. The summed E-state index contributed by atoms with van der Waals surface area (Å²) < 4.78 is 26.7. The van der Waals surface area contributed by atoms with Crippen LogP contribution in [0, 0.1) is 20.8 Å². The fourth-order valence-electron chi connectivity index (χ4n) is 3.93.